The molecule has 0 bridgehead atoms. The van der Waals surface area contributed by atoms with E-state index in [1.165, 1.54) is 6.20 Å². The van der Waals surface area contributed by atoms with E-state index < -0.39 is 0 Å². The Morgan fingerprint density at radius 3 is 2.73 bits per heavy atom. The first-order valence-corrected chi connectivity index (χ1v) is 4.83. The number of hydrogen-bond acceptors (Lipinski definition) is 3. The maximum atomic E-state index is 11.7. The average molecular weight is 203 g/mol. The lowest BCUT2D eigenvalue weighted by Crippen LogP contribution is -2.22. The van der Waals surface area contributed by atoms with Gasteiger partial charge in [0.25, 0.3) is 5.56 Å². The number of nitrogens with one attached hydrogen (secondary N) is 1. The molecule has 0 radical (unpaired) electrons. The predicted molar refractivity (Wildman–Crippen MR) is 58.9 cm³/mol. The summed E-state index contributed by atoms with van der Waals surface area (Å²) < 4.78 is 0. The van der Waals surface area contributed by atoms with Crippen LogP contribution < -0.4 is 5.56 Å². The lowest BCUT2D eigenvalue weighted by Gasteiger charge is -2.16. The lowest BCUT2D eigenvalue weighted by molar-refractivity contribution is 0.546. The highest BCUT2D eigenvalue weighted by atomic mass is 16.1. The summed E-state index contributed by atoms with van der Waals surface area (Å²) in [4.78, 5) is 22.8. The first kappa shape index (κ1) is 9.83. The van der Waals surface area contributed by atoms with Gasteiger partial charge in [0.15, 0.2) is 0 Å². The van der Waals surface area contributed by atoms with Gasteiger partial charge in [-0.15, -0.1) is 0 Å². The van der Waals surface area contributed by atoms with Crippen LogP contribution in [0.15, 0.2) is 23.3 Å². The molecule has 4 heteroatoms. The molecule has 0 saturated carbocycles. The van der Waals surface area contributed by atoms with Crippen molar-refractivity contribution < 1.29 is 0 Å². The first-order valence-electron chi connectivity index (χ1n) is 4.83. The summed E-state index contributed by atoms with van der Waals surface area (Å²) in [6.07, 6.45) is 3.18. The Morgan fingerprint density at radius 2 is 2.07 bits per heavy atom. The van der Waals surface area contributed by atoms with Crippen LogP contribution >= 0.6 is 0 Å². The number of nitrogens with zero attached hydrogens (tertiary/aromatic N) is 2. The second-order valence-corrected chi connectivity index (χ2v) is 4.56. The number of rotatable bonds is 0. The van der Waals surface area contributed by atoms with Crippen molar-refractivity contribution in [3.63, 3.8) is 0 Å². The standard InChI is InChI=1S/C11H13N3O/c1-11(2,3)10-13-8-4-5-12-6-7(8)9(15)14-10/h4-6H,1-3H3,(H,13,14,15). The quantitative estimate of drug-likeness (QED) is 0.707. The van der Waals surface area contributed by atoms with Gasteiger partial charge in [0.1, 0.15) is 5.82 Å². The van der Waals surface area contributed by atoms with Crippen LogP contribution in [0, 0.1) is 0 Å². The van der Waals surface area contributed by atoms with Gasteiger partial charge >= 0.3 is 0 Å². The highest BCUT2D eigenvalue weighted by Crippen LogP contribution is 2.17. The molecule has 0 aliphatic rings. The van der Waals surface area contributed by atoms with E-state index in [1.807, 2.05) is 20.8 Å². The number of hydrogen-bond donors (Lipinski definition) is 1. The molecular weight excluding hydrogens is 190 g/mol. The molecule has 0 amide bonds. The molecule has 78 valence electrons. The molecule has 0 aliphatic heterocycles. The van der Waals surface area contributed by atoms with Crippen LogP contribution in [0.3, 0.4) is 0 Å². The molecule has 0 aliphatic carbocycles. The van der Waals surface area contributed by atoms with Crippen molar-refractivity contribution in [2.75, 3.05) is 0 Å². The molecule has 1 N–H and O–H groups in total. The van der Waals surface area contributed by atoms with Crippen LogP contribution in [-0.4, -0.2) is 15.0 Å². The van der Waals surface area contributed by atoms with Gasteiger partial charge in [0, 0.05) is 17.8 Å². The molecule has 2 aromatic rings. The van der Waals surface area contributed by atoms with Gasteiger partial charge in [-0.2, -0.15) is 0 Å². The van der Waals surface area contributed by atoms with Crippen LogP contribution in [0.4, 0.5) is 0 Å². The number of H-pyrrole nitrogens is 1. The van der Waals surface area contributed by atoms with E-state index >= 15 is 0 Å². The van der Waals surface area contributed by atoms with Gasteiger partial charge in [-0.25, -0.2) is 4.98 Å². The molecule has 0 unspecified atom stereocenters. The Bertz CT molecular complexity index is 551. The van der Waals surface area contributed by atoms with Crippen molar-refractivity contribution in [2.45, 2.75) is 26.2 Å². The van der Waals surface area contributed by atoms with E-state index in [9.17, 15) is 4.79 Å². The Morgan fingerprint density at radius 1 is 1.33 bits per heavy atom. The van der Waals surface area contributed by atoms with Crippen molar-refractivity contribution >= 4 is 10.9 Å². The summed E-state index contributed by atoms with van der Waals surface area (Å²) in [5.41, 5.74) is 0.410. The minimum absolute atomic E-state index is 0.127. The fraction of sp³-hybridized carbons (Fsp3) is 0.364. The number of fused-ring (bicyclic) bond motifs is 1. The second-order valence-electron chi connectivity index (χ2n) is 4.56. The molecule has 15 heavy (non-hydrogen) atoms. The summed E-state index contributed by atoms with van der Waals surface area (Å²) in [5.74, 6) is 0.700. The van der Waals surface area contributed by atoms with Gasteiger partial charge < -0.3 is 4.98 Å². The van der Waals surface area contributed by atoms with E-state index in [2.05, 4.69) is 15.0 Å². The maximum Gasteiger partial charge on any atom is 0.260 e. The Labute approximate surface area is 87.4 Å². The topological polar surface area (TPSA) is 58.6 Å². The fourth-order valence-corrected chi connectivity index (χ4v) is 1.34. The number of aromatic amines is 1. The number of aromatic nitrogens is 3. The van der Waals surface area contributed by atoms with Crippen molar-refractivity contribution in [3.05, 3.63) is 34.6 Å². The van der Waals surface area contributed by atoms with Gasteiger partial charge in [-0.1, -0.05) is 20.8 Å². The smallest absolute Gasteiger partial charge is 0.260 e. The van der Waals surface area contributed by atoms with E-state index in [1.54, 1.807) is 12.3 Å². The molecule has 0 saturated heterocycles. The van der Waals surface area contributed by atoms with Crippen molar-refractivity contribution in [2.24, 2.45) is 0 Å². The van der Waals surface area contributed by atoms with Crippen molar-refractivity contribution in [1.29, 1.82) is 0 Å². The van der Waals surface area contributed by atoms with Crippen LogP contribution in [0.25, 0.3) is 10.9 Å². The SMILES string of the molecule is CC(C)(C)c1nc2ccncc2c(=O)[nH]1. The minimum Gasteiger partial charge on any atom is -0.310 e. The molecular formula is C11H13N3O. The van der Waals surface area contributed by atoms with Gasteiger partial charge in [-0.05, 0) is 6.07 Å². The Hall–Kier alpha value is -1.71. The summed E-state index contributed by atoms with van der Waals surface area (Å²) in [6.45, 7) is 6.04. The summed E-state index contributed by atoms with van der Waals surface area (Å²) in [5, 5.41) is 0.533. The zero-order valence-corrected chi connectivity index (χ0v) is 9.03. The van der Waals surface area contributed by atoms with Crippen LogP contribution in [0.5, 0.6) is 0 Å². The zero-order chi connectivity index (χ0) is 11.1. The summed E-state index contributed by atoms with van der Waals surface area (Å²) in [6, 6.07) is 1.75. The zero-order valence-electron chi connectivity index (χ0n) is 9.03. The molecule has 0 fully saturated rings. The monoisotopic (exact) mass is 203 g/mol. The summed E-state index contributed by atoms with van der Waals surface area (Å²) in [7, 11) is 0. The summed E-state index contributed by atoms with van der Waals surface area (Å²) >= 11 is 0. The maximum absolute atomic E-state index is 11.7. The molecule has 2 aromatic heterocycles. The molecule has 0 atom stereocenters. The molecule has 2 rings (SSSR count). The van der Waals surface area contributed by atoms with E-state index in [4.69, 9.17) is 0 Å². The highest BCUT2D eigenvalue weighted by Gasteiger charge is 2.17. The predicted octanol–water partition coefficient (Wildman–Crippen LogP) is 1.62. The van der Waals surface area contributed by atoms with Crippen molar-refractivity contribution in [1.82, 2.24) is 15.0 Å². The van der Waals surface area contributed by atoms with E-state index in [0.29, 0.717) is 16.7 Å². The largest absolute Gasteiger partial charge is 0.310 e. The molecule has 0 aromatic carbocycles. The van der Waals surface area contributed by atoms with Gasteiger partial charge in [0.2, 0.25) is 0 Å². The van der Waals surface area contributed by atoms with Gasteiger partial charge in [-0.3, -0.25) is 9.78 Å². The van der Waals surface area contributed by atoms with Crippen molar-refractivity contribution in [3.8, 4) is 0 Å². The molecule has 0 spiro atoms. The Kier molecular flexibility index (Phi) is 2.07. The van der Waals surface area contributed by atoms with Crippen LogP contribution in [0.1, 0.15) is 26.6 Å². The first-order chi connectivity index (χ1) is 6.98. The highest BCUT2D eigenvalue weighted by molar-refractivity contribution is 5.75. The van der Waals surface area contributed by atoms with E-state index in [-0.39, 0.29) is 11.0 Å². The van der Waals surface area contributed by atoms with E-state index in [0.717, 1.165) is 0 Å². The average Bonchev–Trinajstić information content (AvgIpc) is 2.16. The van der Waals surface area contributed by atoms with Gasteiger partial charge in [0.05, 0.1) is 10.9 Å². The third-order valence-corrected chi connectivity index (χ3v) is 2.22. The fourth-order valence-electron chi connectivity index (χ4n) is 1.34. The number of pyridine rings is 1. The Balaban J connectivity index is 2.79. The third kappa shape index (κ3) is 1.75. The normalized spacial score (nSPS) is 11.9. The van der Waals surface area contributed by atoms with Crippen LogP contribution in [-0.2, 0) is 5.41 Å². The minimum atomic E-state index is -0.156. The van der Waals surface area contributed by atoms with Crippen LogP contribution in [0.2, 0.25) is 0 Å². The second kappa shape index (κ2) is 3.15. The lowest BCUT2D eigenvalue weighted by atomic mass is 9.95. The molecule has 2 heterocycles. The third-order valence-electron chi connectivity index (χ3n) is 2.22. The molecule has 4 nitrogen and oxygen atoms in total.